The van der Waals surface area contributed by atoms with Crippen LogP contribution >= 0.6 is 35.3 Å². The van der Waals surface area contributed by atoms with Gasteiger partial charge in [-0.1, -0.05) is 18.2 Å². The number of fused-ring (bicyclic) bond motifs is 1. The number of aliphatic hydroxyl groups is 1. The lowest BCUT2D eigenvalue weighted by atomic mass is 10.2. The van der Waals surface area contributed by atoms with E-state index in [4.69, 9.17) is 4.74 Å². The van der Waals surface area contributed by atoms with Crippen molar-refractivity contribution in [3.63, 3.8) is 0 Å². The van der Waals surface area contributed by atoms with Crippen LogP contribution in [0.25, 0.3) is 10.1 Å². The van der Waals surface area contributed by atoms with E-state index in [2.05, 4.69) is 59.5 Å². The van der Waals surface area contributed by atoms with E-state index in [9.17, 15) is 5.11 Å². The van der Waals surface area contributed by atoms with Crippen LogP contribution in [0.15, 0.2) is 35.3 Å². The highest BCUT2D eigenvalue weighted by molar-refractivity contribution is 14.0. The Labute approximate surface area is 201 Å². The summed E-state index contributed by atoms with van der Waals surface area (Å²) < 4.78 is 6.99. The van der Waals surface area contributed by atoms with Crippen LogP contribution in [0.3, 0.4) is 0 Å². The van der Waals surface area contributed by atoms with Crippen molar-refractivity contribution in [1.82, 2.24) is 15.5 Å². The third-order valence-corrected chi connectivity index (χ3v) is 6.20. The van der Waals surface area contributed by atoms with E-state index in [1.54, 1.807) is 11.3 Å². The van der Waals surface area contributed by atoms with Gasteiger partial charge >= 0.3 is 0 Å². The highest BCUT2D eigenvalue weighted by atomic mass is 127. The van der Waals surface area contributed by atoms with Gasteiger partial charge in [-0.25, -0.2) is 0 Å². The highest BCUT2D eigenvalue weighted by Gasteiger charge is 2.21. The number of guanidine groups is 1. The predicted octanol–water partition coefficient (Wildman–Crippen LogP) is 3.61. The number of hydrogen-bond donors (Lipinski definition) is 3. The lowest BCUT2D eigenvalue weighted by molar-refractivity contribution is -0.0679. The van der Waals surface area contributed by atoms with Crippen molar-refractivity contribution in [2.45, 2.75) is 45.5 Å². The van der Waals surface area contributed by atoms with Crippen LogP contribution in [0, 0.1) is 0 Å². The number of thiophene rings is 1. The van der Waals surface area contributed by atoms with E-state index >= 15 is 0 Å². The minimum Gasteiger partial charge on any atom is -0.386 e. The first-order valence-electron chi connectivity index (χ1n) is 10.6. The Morgan fingerprint density at radius 2 is 2.00 bits per heavy atom. The van der Waals surface area contributed by atoms with Crippen LogP contribution in [-0.4, -0.2) is 67.4 Å². The number of halogens is 1. The third kappa shape index (κ3) is 7.64. The van der Waals surface area contributed by atoms with E-state index in [0.29, 0.717) is 18.8 Å². The predicted molar refractivity (Wildman–Crippen MR) is 137 cm³/mol. The fourth-order valence-corrected chi connectivity index (χ4v) is 4.79. The molecule has 3 rings (SSSR count). The van der Waals surface area contributed by atoms with Gasteiger partial charge in [0.15, 0.2) is 5.96 Å². The first-order chi connectivity index (χ1) is 14.0. The molecule has 3 unspecified atom stereocenters. The van der Waals surface area contributed by atoms with E-state index < -0.39 is 6.10 Å². The van der Waals surface area contributed by atoms with E-state index in [1.165, 1.54) is 10.1 Å². The fourth-order valence-electron chi connectivity index (χ4n) is 3.75. The van der Waals surface area contributed by atoms with Crippen LogP contribution < -0.4 is 10.6 Å². The molecule has 2 heterocycles. The van der Waals surface area contributed by atoms with Gasteiger partial charge in [-0.2, -0.15) is 0 Å². The number of hydrogen-bond acceptors (Lipinski definition) is 5. The zero-order chi connectivity index (χ0) is 20.6. The number of nitrogens with zero attached hydrogens (tertiary/aromatic N) is 2. The molecule has 0 amide bonds. The van der Waals surface area contributed by atoms with E-state index in [-0.39, 0.29) is 24.0 Å². The molecule has 0 saturated carbocycles. The van der Waals surface area contributed by atoms with Gasteiger partial charge in [0.1, 0.15) is 6.10 Å². The number of aliphatic hydroxyl groups excluding tert-OH is 1. The molecule has 1 saturated heterocycles. The number of morpholine rings is 1. The van der Waals surface area contributed by atoms with Crippen molar-refractivity contribution in [3.8, 4) is 0 Å². The first kappa shape index (κ1) is 25.3. The first-order valence-corrected chi connectivity index (χ1v) is 11.4. The molecule has 8 heteroatoms. The largest absolute Gasteiger partial charge is 0.386 e. The van der Waals surface area contributed by atoms with Crippen molar-refractivity contribution in [2.75, 3.05) is 39.3 Å². The molecular weight excluding hydrogens is 511 g/mol. The fraction of sp³-hybridized carbons (Fsp3) is 0.591. The molecule has 1 aromatic carbocycles. The summed E-state index contributed by atoms with van der Waals surface area (Å²) in [4.78, 5) is 8.01. The summed E-state index contributed by atoms with van der Waals surface area (Å²) in [7, 11) is 0. The Morgan fingerprint density at radius 3 is 2.70 bits per heavy atom. The molecule has 3 N–H and O–H groups in total. The van der Waals surface area contributed by atoms with Gasteiger partial charge in [-0.05, 0) is 44.7 Å². The zero-order valence-corrected chi connectivity index (χ0v) is 21.3. The molecule has 1 aliphatic rings. The summed E-state index contributed by atoms with van der Waals surface area (Å²) in [6, 6.07) is 10.3. The van der Waals surface area contributed by atoms with Gasteiger partial charge in [0.2, 0.25) is 0 Å². The van der Waals surface area contributed by atoms with E-state index in [0.717, 1.165) is 50.0 Å². The standard InChI is InChI=1S/C22H34N4O2S.HI/c1-4-23-22(24-10-7-11-26-14-16(2)28-17(3)15-26)25-13-19(27)21-12-18-8-5-6-9-20(18)29-21;/h5-6,8-9,12,16-17,19,27H,4,7,10-11,13-15H2,1-3H3,(H2,23,24,25);1H. The molecule has 1 aromatic heterocycles. The summed E-state index contributed by atoms with van der Waals surface area (Å²) in [5.41, 5.74) is 0. The lowest BCUT2D eigenvalue weighted by Crippen LogP contribution is -2.46. The van der Waals surface area contributed by atoms with Crippen LogP contribution in [0.5, 0.6) is 0 Å². The van der Waals surface area contributed by atoms with Crippen LogP contribution in [0.2, 0.25) is 0 Å². The normalized spacial score (nSPS) is 21.3. The van der Waals surface area contributed by atoms with Crippen LogP contribution in [-0.2, 0) is 4.74 Å². The van der Waals surface area contributed by atoms with Crippen molar-refractivity contribution in [3.05, 3.63) is 35.2 Å². The molecule has 0 bridgehead atoms. The van der Waals surface area contributed by atoms with Crippen molar-refractivity contribution in [2.24, 2.45) is 4.99 Å². The second kappa shape index (κ2) is 12.8. The Kier molecular flexibility index (Phi) is 10.8. The molecule has 30 heavy (non-hydrogen) atoms. The smallest absolute Gasteiger partial charge is 0.191 e. The minimum atomic E-state index is -0.584. The van der Waals surface area contributed by atoms with E-state index in [1.807, 2.05) is 12.1 Å². The second-order valence-electron chi connectivity index (χ2n) is 7.72. The minimum absolute atomic E-state index is 0. The number of ether oxygens (including phenoxy) is 1. The molecule has 1 fully saturated rings. The molecule has 0 radical (unpaired) electrons. The van der Waals surface area contributed by atoms with Gasteiger partial charge in [-0.3, -0.25) is 9.89 Å². The molecular formula is C22H35IN4O2S. The second-order valence-corrected chi connectivity index (χ2v) is 8.83. The average molecular weight is 547 g/mol. The highest BCUT2D eigenvalue weighted by Crippen LogP contribution is 2.29. The topological polar surface area (TPSA) is 69.1 Å². The van der Waals surface area contributed by atoms with Gasteiger partial charge in [0.05, 0.1) is 18.8 Å². The quantitative estimate of drug-likeness (QED) is 0.204. The molecule has 0 spiro atoms. The molecule has 1 aliphatic heterocycles. The maximum Gasteiger partial charge on any atom is 0.191 e. The molecule has 2 aromatic rings. The zero-order valence-electron chi connectivity index (χ0n) is 18.1. The summed E-state index contributed by atoms with van der Waals surface area (Å²) in [5.74, 6) is 0.761. The van der Waals surface area contributed by atoms with Crippen molar-refractivity contribution < 1.29 is 9.84 Å². The van der Waals surface area contributed by atoms with Crippen molar-refractivity contribution in [1.29, 1.82) is 0 Å². The third-order valence-electron chi connectivity index (χ3n) is 4.98. The van der Waals surface area contributed by atoms with Gasteiger partial charge in [-0.15, -0.1) is 35.3 Å². The van der Waals surface area contributed by atoms with Gasteiger partial charge in [0.25, 0.3) is 0 Å². The maximum absolute atomic E-state index is 10.6. The van der Waals surface area contributed by atoms with Gasteiger partial charge < -0.3 is 20.5 Å². The van der Waals surface area contributed by atoms with Crippen LogP contribution in [0.1, 0.15) is 38.2 Å². The Balaban J connectivity index is 0.00000320. The SMILES string of the molecule is CCNC(=NCC(O)c1cc2ccccc2s1)NCCCN1CC(C)OC(C)C1.I. The Hall–Kier alpha value is -0.940. The molecule has 3 atom stereocenters. The van der Waals surface area contributed by atoms with Gasteiger partial charge in [0, 0.05) is 42.3 Å². The number of aliphatic imine (C=N–C) groups is 1. The Bertz CT molecular complexity index is 757. The molecule has 6 nitrogen and oxygen atoms in total. The molecule has 168 valence electrons. The van der Waals surface area contributed by atoms with Crippen LogP contribution in [0.4, 0.5) is 0 Å². The lowest BCUT2D eigenvalue weighted by Gasteiger charge is -2.35. The Morgan fingerprint density at radius 1 is 1.27 bits per heavy atom. The average Bonchev–Trinajstić information content (AvgIpc) is 3.12. The molecule has 0 aliphatic carbocycles. The maximum atomic E-state index is 10.6. The summed E-state index contributed by atoms with van der Waals surface area (Å²) in [6.07, 6.45) is 1.07. The summed E-state index contributed by atoms with van der Waals surface area (Å²) >= 11 is 1.63. The monoisotopic (exact) mass is 546 g/mol. The number of benzene rings is 1. The summed E-state index contributed by atoms with van der Waals surface area (Å²) in [6.45, 7) is 11.4. The number of rotatable bonds is 8. The summed E-state index contributed by atoms with van der Waals surface area (Å²) in [5, 5.41) is 18.4. The van der Waals surface area contributed by atoms with Crippen molar-refractivity contribution >= 4 is 51.4 Å². The number of nitrogens with one attached hydrogen (secondary N) is 2.